The molecule has 0 spiro atoms. The van der Waals surface area contributed by atoms with E-state index >= 15 is 0 Å². The quantitative estimate of drug-likeness (QED) is 0.503. The summed E-state index contributed by atoms with van der Waals surface area (Å²) in [4.78, 5) is 28.1. The number of amides is 2. The summed E-state index contributed by atoms with van der Waals surface area (Å²) in [5.41, 5.74) is 6.35. The summed E-state index contributed by atoms with van der Waals surface area (Å²) in [6.45, 7) is 6.13. The van der Waals surface area contributed by atoms with Gasteiger partial charge in [0.15, 0.2) is 6.04 Å². The fourth-order valence-electron chi connectivity index (χ4n) is 4.18. The lowest BCUT2D eigenvalue weighted by Crippen LogP contribution is -2.42. The van der Waals surface area contributed by atoms with Gasteiger partial charge in [0, 0.05) is 40.5 Å². The number of hydrogen-bond acceptors (Lipinski definition) is 3. The van der Waals surface area contributed by atoms with Crippen LogP contribution in [0.4, 0.5) is 5.69 Å². The smallest absolute Gasteiger partial charge is 0.304 e. The molecule has 1 aliphatic heterocycles. The Bertz CT molecular complexity index is 1170. The number of hydrazine groups is 1. The molecule has 174 valence electrons. The highest BCUT2D eigenvalue weighted by Gasteiger charge is 2.47. The lowest BCUT2D eigenvalue weighted by molar-refractivity contribution is -0.596. The molecule has 1 fully saturated rings. The van der Waals surface area contributed by atoms with Gasteiger partial charge in [-0.25, -0.2) is 0 Å². The van der Waals surface area contributed by atoms with Crippen LogP contribution < -0.4 is 15.6 Å². The van der Waals surface area contributed by atoms with E-state index in [1.54, 1.807) is 41.1 Å². The molecule has 6 nitrogen and oxygen atoms in total. The molecule has 1 heterocycles. The monoisotopic (exact) mass is 475 g/mol. The maximum absolute atomic E-state index is 13.0. The van der Waals surface area contributed by atoms with E-state index in [0.29, 0.717) is 10.6 Å². The Morgan fingerprint density at radius 1 is 1.00 bits per heavy atom. The Morgan fingerprint density at radius 3 is 2.26 bits per heavy atom. The number of hydrazone groups is 1. The number of nitrogens with zero attached hydrogens (tertiary/aromatic N) is 2. The van der Waals surface area contributed by atoms with Crippen molar-refractivity contribution in [3.8, 4) is 0 Å². The summed E-state index contributed by atoms with van der Waals surface area (Å²) in [6.07, 6.45) is 1.89. The Balaban J connectivity index is 1.66. The molecular formula is C27H28ClN4O2+. The molecule has 7 heteroatoms. The van der Waals surface area contributed by atoms with Crippen molar-refractivity contribution in [2.75, 3.05) is 18.0 Å². The zero-order valence-corrected chi connectivity index (χ0v) is 20.0. The molecule has 2 atom stereocenters. The van der Waals surface area contributed by atoms with Crippen molar-refractivity contribution in [2.45, 2.75) is 25.9 Å². The van der Waals surface area contributed by atoms with Crippen LogP contribution in [0.25, 0.3) is 0 Å². The van der Waals surface area contributed by atoms with E-state index < -0.39 is 12.1 Å². The van der Waals surface area contributed by atoms with E-state index in [0.717, 1.165) is 29.9 Å². The van der Waals surface area contributed by atoms with Gasteiger partial charge in [-0.3, -0.25) is 9.59 Å². The minimum absolute atomic E-state index is 0.278. The number of carbonyl (C=O) groups is 2. The summed E-state index contributed by atoms with van der Waals surface area (Å²) in [5.74, 6) is -0.578. The van der Waals surface area contributed by atoms with Crippen LogP contribution in [-0.2, 0) is 4.79 Å². The predicted octanol–water partition coefficient (Wildman–Crippen LogP) is 4.20. The number of carbonyl (C=O) groups excluding carboxylic acids is 2. The van der Waals surface area contributed by atoms with Crippen molar-refractivity contribution < 1.29 is 14.3 Å². The van der Waals surface area contributed by atoms with Gasteiger partial charge in [-0.05, 0) is 62.4 Å². The van der Waals surface area contributed by atoms with Gasteiger partial charge in [-0.15, -0.1) is 10.1 Å². The normalized spacial score (nSPS) is 18.6. The number of anilines is 1. The standard InChI is InChI=1S/C27H27ClN4O2/c1-3-31(4-2)23-16-10-19(11-17-23)18-32-25(20-12-14-22(28)15-13-20)24(27(34)30-32)29-26(33)21-8-6-5-7-9-21/h5-18,24-25H,3-4H2,1-2H3,(H-,29,30,33,34)/p+1/t24-,25+/m1/s1. The third-order valence-corrected chi connectivity index (χ3v) is 6.23. The molecule has 2 N–H and O–H groups in total. The molecule has 0 aliphatic carbocycles. The fourth-order valence-corrected chi connectivity index (χ4v) is 4.30. The van der Waals surface area contributed by atoms with E-state index in [-0.39, 0.29) is 11.8 Å². The first-order chi connectivity index (χ1) is 16.5. The molecule has 3 aromatic carbocycles. The zero-order chi connectivity index (χ0) is 24.1. The number of halogens is 1. The largest absolute Gasteiger partial charge is 0.372 e. The highest BCUT2D eigenvalue weighted by molar-refractivity contribution is 6.30. The Hall–Kier alpha value is -3.64. The van der Waals surface area contributed by atoms with Gasteiger partial charge >= 0.3 is 5.91 Å². The lowest BCUT2D eigenvalue weighted by atomic mass is 9.99. The first-order valence-corrected chi connectivity index (χ1v) is 11.8. The van der Waals surface area contributed by atoms with Gasteiger partial charge in [-0.2, -0.15) is 0 Å². The van der Waals surface area contributed by atoms with Gasteiger partial charge < -0.3 is 10.2 Å². The van der Waals surface area contributed by atoms with Crippen LogP contribution in [0.5, 0.6) is 0 Å². The van der Waals surface area contributed by atoms with E-state index in [2.05, 4.69) is 41.6 Å². The molecule has 0 bridgehead atoms. The molecular weight excluding hydrogens is 448 g/mol. The zero-order valence-electron chi connectivity index (χ0n) is 19.2. The minimum Gasteiger partial charge on any atom is -0.372 e. The number of nitrogens with one attached hydrogen (secondary N) is 2. The Kier molecular flexibility index (Phi) is 7.28. The molecule has 1 aliphatic rings. The van der Waals surface area contributed by atoms with Crippen LogP contribution in [0.3, 0.4) is 0 Å². The van der Waals surface area contributed by atoms with Crippen LogP contribution in [0.15, 0.2) is 78.9 Å². The SMILES string of the molecule is CCN(CC)c1ccc(/C=[N+]2\NC(=O)[C@H](NC(=O)c3ccccc3)[C@@H]2c2ccc(Cl)cc2)cc1. The predicted molar refractivity (Wildman–Crippen MR) is 135 cm³/mol. The van der Waals surface area contributed by atoms with Gasteiger partial charge in [0.25, 0.3) is 5.91 Å². The third-order valence-electron chi connectivity index (χ3n) is 5.98. The second kappa shape index (κ2) is 10.5. The average Bonchev–Trinajstić information content (AvgIpc) is 3.16. The second-order valence-corrected chi connectivity index (χ2v) is 8.53. The summed E-state index contributed by atoms with van der Waals surface area (Å²) >= 11 is 6.10. The van der Waals surface area contributed by atoms with Crippen molar-refractivity contribution in [1.29, 1.82) is 0 Å². The molecule has 0 radical (unpaired) electrons. The van der Waals surface area contributed by atoms with E-state index in [1.165, 1.54) is 0 Å². The van der Waals surface area contributed by atoms with Crippen LogP contribution in [0, 0.1) is 0 Å². The first kappa shape index (κ1) is 23.5. The number of rotatable bonds is 7. The lowest BCUT2D eigenvalue weighted by Gasteiger charge is -2.20. The molecule has 1 saturated heterocycles. The molecule has 4 rings (SSSR count). The summed E-state index contributed by atoms with van der Waals surface area (Å²) in [6, 6.07) is 23.2. The van der Waals surface area contributed by atoms with Gasteiger partial charge in [-0.1, -0.05) is 41.9 Å². The highest BCUT2D eigenvalue weighted by atomic mass is 35.5. The van der Waals surface area contributed by atoms with Crippen molar-refractivity contribution in [2.24, 2.45) is 0 Å². The summed E-state index contributed by atoms with van der Waals surface area (Å²) in [5, 5.41) is 3.52. The van der Waals surface area contributed by atoms with E-state index in [9.17, 15) is 9.59 Å². The van der Waals surface area contributed by atoms with Crippen LogP contribution >= 0.6 is 11.6 Å². The molecule has 34 heavy (non-hydrogen) atoms. The highest BCUT2D eigenvalue weighted by Crippen LogP contribution is 2.27. The topological polar surface area (TPSA) is 64.5 Å². The van der Waals surface area contributed by atoms with Gasteiger partial charge in [0.2, 0.25) is 12.3 Å². The van der Waals surface area contributed by atoms with Crippen LogP contribution in [0.2, 0.25) is 5.02 Å². The maximum Gasteiger partial charge on any atom is 0.304 e. The Morgan fingerprint density at radius 2 is 1.65 bits per heavy atom. The average molecular weight is 476 g/mol. The van der Waals surface area contributed by atoms with Crippen molar-refractivity contribution in [3.05, 3.63) is 101 Å². The molecule has 2 amide bonds. The van der Waals surface area contributed by atoms with Crippen molar-refractivity contribution in [3.63, 3.8) is 0 Å². The van der Waals surface area contributed by atoms with Gasteiger partial charge in [0.05, 0.1) is 0 Å². The second-order valence-electron chi connectivity index (χ2n) is 8.09. The number of hydrogen-bond donors (Lipinski definition) is 2. The van der Waals surface area contributed by atoms with E-state index in [1.807, 2.05) is 36.5 Å². The van der Waals surface area contributed by atoms with Crippen molar-refractivity contribution >= 4 is 35.3 Å². The molecule has 3 aromatic rings. The van der Waals surface area contributed by atoms with Gasteiger partial charge in [0.1, 0.15) is 0 Å². The molecule has 0 saturated carbocycles. The minimum atomic E-state index is -0.778. The number of benzene rings is 3. The van der Waals surface area contributed by atoms with Crippen LogP contribution in [0.1, 0.15) is 41.4 Å². The van der Waals surface area contributed by atoms with Crippen molar-refractivity contribution in [1.82, 2.24) is 10.7 Å². The first-order valence-electron chi connectivity index (χ1n) is 11.4. The van der Waals surface area contributed by atoms with E-state index in [4.69, 9.17) is 11.6 Å². The molecule has 0 aromatic heterocycles. The fraction of sp³-hybridized carbons (Fsp3) is 0.222. The summed E-state index contributed by atoms with van der Waals surface area (Å²) in [7, 11) is 0. The van der Waals surface area contributed by atoms with Crippen LogP contribution in [-0.4, -0.2) is 41.8 Å². The third kappa shape index (κ3) is 5.13. The maximum atomic E-state index is 13.0. The Labute approximate surface area is 204 Å². The summed E-state index contributed by atoms with van der Waals surface area (Å²) < 4.78 is 1.76. The molecule has 0 unspecified atom stereocenters.